The summed E-state index contributed by atoms with van der Waals surface area (Å²) in [6.07, 6.45) is 1.81. The van der Waals surface area contributed by atoms with Crippen LogP contribution in [-0.4, -0.2) is 40.1 Å². The van der Waals surface area contributed by atoms with Crippen molar-refractivity contribution >= 4 is 17.7 Å². The molecule has 0 radical (unpaired) electrons. The van der Waals surface area contributed by atoms with Gasteiger partial charge in [0, 0.05) is 18.8 Å². The van der Waals surface area contributed by atoms with Crippen LogP contribution in [0.1, 0.15) is 29.9 Å². The van der Waals surface area contributed by atoms with Crippen LogP contribution in [-0.2, 0) is 0 Å². The Morgan fingerprint density at radius 3 is 2.47 bits per heavy atom. The second kappa shape index (κ2) is 5.86. The molecule has 94 valence electrons. The Bertz CT molecular complexity index is 466. The first-order chi connectivity index (χ1) is 8.04. The Labute approximate surface area is 105 Å². The first kappa shape index (κ1) is 13.8. The number of nitrogens with one attached hydrogen (secondary N) is 1. The van der Waals surface area contributed by atoms with Gasteiger partial charge < -0.3 is 9.88 Å². The Morgan fingerprint density at radius 1 is 1.41 bits per heavy atom. The van der Waals surface area contributed by atoms with E-state index in [0.29, 0.717) is 29.4 Å². The van der Waals surface area contributed by atoms with Gasteiger partial charge in [-0.3, -0.25) is 4.79 Å². The van der Waals surface area contributed by atoms with Crippen molar-refractivity contribution in [3.63, 3.8) is 0 Å². The largest absolute Gasteiger partial charge is 0.346 e. The number of hydrogen-bond donors (Lipinski definition) is 1. The van der Waals surface area contributed by atoms with Crippen molar-refractivity contribution < 1.29 is 4.79 Å². The molecule has 1 aromatic heterocycles. The van der Waals surface area contributed by atoms with Crippen LogP contribution in [0, 0.1) is 6.92 Å². The number of thioether (sulfide) groups is 1. The highest BCUT2D eigenvalue weighted by Gasteiger charge is 2.20. The average molecular weight is 255 g/mol. The van der Waals surface area contributed by atoms with E-state index in [9.17, 15) is 9.59 Å². The van der Waals surface area contributed by atoms with E-state index in [1.165, 1.54) is 11.8 Å². The highest BCUT2D eigenvalue weighted by atomic mass is 32.2. The molecule has 0 aromatic carbocycles. The molecule has 0 aliphatic heterocycles. The van der Waals surface area contributed by atoms with E-state index in [1.54, 1.807) is 18.1 Å². The molecule has 1 N–H and O–H groups in total. The number of H-pyrrole nitrogens is 1. The van der Waals surface area contributed by atoms with Gasteiger partial charge in [-0.15, -0.1) is 11.8 Å². The summed E-state index contributed by atoms with van der Waals surface area (Å²) in [4.78, 5) is 31.6. The smallest absolute Gasteiger partial charge is 0.339 e. The zero-order chi connectivity index (χ0) is 13.0. The SMILES string of the molecule is CCN(CC)C(=O)c1c(SC)nc(=O)[nH]c1C. The molecule has 1 amide bonds. The van der Waals surface area contributed by atoms with Crippen LogP contribution in [0.4, 0.5) is 0 Å². The Balaban J connectivity index is 3.29. The Hall–Kier alpha value is -1.30. The van der Waals surface area contributed by atoms with Gasteiger partial charge >= 0.3 is 5.69 Å². The maximum Gasteiger partial charge on any atom is 0.346 e. The molecule has 5 nitrogen and oxygen atoms in total. The highest BCUT2D eigenvalue weighted by molar-refractivity contribution is 7.98. The predicted molar refractivity (Wildman–Crippen MR) is 68.6 cm³/mol. The Morgan fingerprint density at radius 2 is 2.00 bits per heavy atom. The van der Waals surface area contributed by atoms with E-state index < -0.39 is 5.69 Å². The molecule has 17 heavy (non-hydrogen) atoms. The van der Waals surface area contributed by atoms with Gasteiger partial charge in [0.2, 0.25) is 0 Å². The number of carbonyl (C=O) groups is 1. The minimum Gasteiger partial charge on any atom is -0.339 e. The number of hydrogen-bond acceptors (Lipinski definition) is 4. The number of aromatic nitrogens is 2. The van der Waals surface area contributed by atoms with E-state index in [-0.39, 0.29) is 5.91 Å². The fraction of sp³-hybridized carbons (Fsp3) is 0.545. The fourth-order valence-corrected chi connectivity index (χ4v) is 2.25. The zero-order valence-electron chi connectivity index (χ0n) is 10.5. The summed E-state index contributed by atoms with van der Waals surface area (Å²) in [7, 11) is 0. The van der Waals surface area contributed by atoms with Crippen LogP contribution >= 0.6 is 11.8 Å². The minimum absolute atomic E-state index is 0.0828. The lowest BCUT2D eigenvalue weighted by molar-refractivity contribution is 0.0767. The maximum absolute atomic E-state index is 12.3. The van der Waals surface area contributed by atoms with Crippen LogP contribution in [0.2, 0.25) is 0 Å². The molecule has 0 atom stereocenters. The Kier molecular flexibility index (Phi) is 4.74. The van der Waals surface area contributed by atoms with E-state index in [4.69, 9.17) is 0 Å². The number of rotatable bonds is 4. The van der Waals surface area contributed by atoms with Crippen LogP contribution in [0.5, 0.6) is 0 Å². The molecule has 0 saturated carbocycles. The summed E-state index contributed by atoms with van der Waals surface area (Å²) in [5.74, 6) is -0.0828. The molecular formula is C11H17N3O2S. The molecule has 0 aliphatic rings. The lowest BCUT2D eigenvalue weighted by atomic mass is 10.2. The van der Waals surface area contributed by atoms with Gasteiger partial charge in [-0.25, -0.2) is 4.79 Å². The predicted octanol–water partition coefficient (Wildman–Crippen LogP) is 1.28. The standard InChI is InChI=1S/C11H17N3O2S/c1-5-14(6-2)10(15)8-7(3)12-11(16)13-9(8)17-4/h5-6H2,1-4H3,(H,12,13,16). The second-order valence-electron chi connectivity index (χ2n) is 3.53. The molecule has 0 aliphatic carbocycles. The summed E-state index contributed by atoms with van der Waals surface area (Å²) in [5.41, 5.74) is 0.662. The number of amides is 1. The third-order valence-corrected chi connectivity index (χ3v) is 3.23. The lowest BCUT2D eigenvalue weighted by Crippen LogP contribution is -2.33. The average Bonchev–Trinajstić information content (AvgIpc) is 2.29. The fourth-order valence-electron chi connectivity index (χ4n) is 1.63. The molecule has 1 heterocycles. The molecule has 1 rings (SSSR count). The van der Waals surface area contributed by atoms with E-state index >= 15 is 0 Å². The number of aryl methyl sites for hydroxylation is 1. The molecule has 0 saturated heterocycles. The van der Waals surface area contributed by atoms with Crippen molar-refractivity contribution in [3.05, 3.63) is 21.7 Å². The van der Waals surface area contributed by atoms with Gasteiger partial charge in [0.25, 0.3) is 5.91 Å². The number of nitrogens with zero attached hydrogens (tertiary/aromatic N) is 2. The molecule has 6 heteroatoms. The lowest BCUT2D eigenvalue weighted by Gasteiger charge is -2.20. The topological polar surface area (TPSA) is 66.1 Å². The monoisotopic (exact) mass is 255 g/mol. The van der Waals surface area contributed by atoms with E-state index in [2.05, 4.69) is 9.97 Å². The van der Waals surface area contributed by atoms with Gasteiger partial charge in [-0.05, 0) is 27.0 Å². The molecular weight excluding hydrogens is 238 g/mol. The summed E-state index contributed by atoms with van der Waals surface area (Å²) in [6.45, 7) is 6.85. The van der Waals surface area contributed by atoms with Crippen molar-refractivity contribution in [2.45, 2.75) is 25.8 Å². The van der Waals surface area contributed by atoms with E-state index in [1.807, 2.05) is 13.8 Å². The van der Waals surface area contributed by atoms with Crippen molar-refractivity contribution in [2.75, 3.05) is 19.3 Å². The maximum atomic E-state index is 12.3. The third-order valence-electron chi connectivity index (χ3n) is 2.54. The quantitative estimate of drug-likeness (QED) is 0.650. The number of aromatic amines is 1. The minimum atomic E-state index is -0.414. The van der Waals surface area contributed by atoms with Gasteiger partial charge in [-0.1, -0.05) is 0 Å². The van der Waals surface area contributed by atoms with Crippen LogP contribution < -0.4 is 5.69 Å². The van der Waals surface area contributed by atoms with Crippen molar-refractivity contribution in [1.82, 2.24) is 14.9 Å². The number of carbonyl (C=O) groups excluding carboxylic acids is 1. The van der Waals surface area contributed by atoms with Gasteiger partial charge in [0.1, 0.15) is 5.03 Å². The molecule has 0 spiro atoms. The normalized spacial score (nSPS) is 10.4. The van der Waals surface area contributed by atoms with Crippen LogP contribution in [0.3, 0.4) is 0 Å². The molecule has 0 unspecified atom stereocenters. The van der Waals surface area contributed by atoms with Crippen molar-refractivity contribution in [3.8, 4) is 0 Å². The summed E-state index contributed by atoms with van der Waals surface area (Å²) < 4.78 is 0. The highest BCUT2D eigenvalue weighted by Crippen LogP contribution is 2.19. The summed E-state index contributed by atoms with van der Waals surface area (Å²) in [6, 6.07) is 0. The summed E-state index contributed by atoms with van der Waals surface area (Å²) in [5, 5.41) is 0.489. The first-order valence-corrected chi connectivity index (χ1v) is 6.71. The molecule has 0 fully saturated rings. The molecule has 0 bridgehead atoms. The van der Waals surface area contributed by atoms with E-state index in [0.717, 1.165) is 0 Å². The zero-order valence-corrected chi connectivity index (χ0v) is 11.3. The van der Waals surface area contributed by atoms with Crippen molar-refractivity contribution in [2.24, 2.45) is 0 Å². The second-order valence-corrected chi connectivity index (χ2v) is 4.32. The van der Waals surface area contributed by atoms with Crippen LogP contribution in [0.15, 0.2) is 9.82 Å². The first-order valence-electron chi connectivity index (χ1n) is 5.49. The van der Waals surface area contributed by atoms with Gasteiger partial charge in [0.05, 0.1) is 5.56 Å². The van der Waals surface area contributed by atoms with Gasteiger partial charge in [-0.2, -0.15) is 4.98 Å². The van der Waals surface area contributed by atoms with Gasteiger partial charge in [0.15, 0.2) is 0 Å². The summed E-state index contributed by atoms with van der Waals surface area (Å²) >= 11 is 1.31. The third kappa shape index (κ3) is 2.88. The van der Waals surface area contributed by atoms with Crippen molar-refractivity contribution in [1.29, 1.82) is 0 Å². The van der Waals surface area contributed by atoms with Crippen LogP contribution in [0.25, 0.3) is 0 Å². The molecule has 1 aromatic rings.